The highest BCUT2D eigenvalue weighted by Gasteiger charge is 2.25. The van der Waals surface area contributed by atoms with E-state index in [4.69, 9.17) is 16.3 Å². The molecule has 34 heavy (non-hydrogen) atoms. The number of rotatable bonds is 6. The van der Waals surface area contributed by atoms with Crippen LogP contribution in [-0.4, -0.2) is 80.7 Å². The Bertz CT molecular complexity index is 1050. The topological polar surface area (TPSA) is 108 Å². The minimum atomic E-state index is -0.537. The lowest BCUT2D eigenvalue weighted by Gasteiger charge is -2.36. The van der Waals surface area contributed by atoms with E-state index >= 15 is 0 Å². The lowest BCUT2D eigenvalue weighted by atomic mass is 10.1. The van der Waals surface area contributed by atoms with E-state index in [0.717, 1.165) is 5.69 Å². The molecule has 2 aromatic rings. The molecule has 0 radical (unpaired) electrons. The Labute approximate surface area is 202 Å². The van der Waals surface area contributed by atoms with Crippen molar-refractivity contribution in [3.05, 3.63) is 63.2 Å². The molecule has 2 aromatic carbocycles. The molecule has 0 aromatic heterocycles. The van der Waals surface area contributed by atoms with Crippen LogP contribution >= 0.6 is 11.6 Å². The van der Waals surface area contributed by atoms with E-state index in [2.05, 4.69) is 10.2 Å². The molecular formula is C23H26ClN5O5. The average Bonchev–Trinajstić information content (AvgIpc) is 2.87. The normalized spacial score (nSPS) is 16.3. The van der Waals surface area contributed by atoms with E-state index in [0.29, 0.717) is 63.2 Å². The number of carbonyl (C=O) groups is 2. The Morgan fingerprint density at radius 3 is 2.29 bits per heavy atom. The number of nitrogens with one attached hydrogen (secondary N) is 1. The molecule has 1 N–H and O–H groups in total. The lowest BCUT2D eigenvalue weighted by molar-refractivity contribution is -0.384. The molecule has 11 heteroatoms. The van der Waals surface area contributed by atoms with Crippen LogP contribution in [0.5, 0.6) is 0 Å². The van der Waals surface area contributed by atoms with Gasteiger partial charge in [-0.15, -0.1) is 0 Å². The van der Waals surface area contributed by atoms with Gasteiger partial charge < -0.3 is 24.8 Å². The zero-order valence-corrected chi connectivity index (χ0v) is 19.4. The fourth-order valence-electron chi connectivity index (χ4n) is 4.13. The molecule has 4 rings (SSSR count). The number of ether oxygens (including phenoxy) is 1. The summed E-state index contributed by atoms with van der Waals surface area (Å²) in [5.41, 5.74) is 1.64. The zero-order chi connectivity index (χ0) is 24.1. The van der Waals surface area contributed by atoms with Gasteiger partial charge in [0.2, 0.25) is 5.91 Å². The number of hydrogen-bond acceptors (Lipinski definition) is 7. The van der Waals surface area contributed by atoms with Crippen LogP contribution in [0.15, 0.2) is 42.5 Å². The molecule has 0 spiro atoms. The quantitative estimate of drug-likeness (QED) is 0.491. The molecule has 2 saturated heterocycles. The molecule has 10 nitrogen and oxygen atoms in total. The van der Waals surface area contributed by atoms with Crippen LogP contribution in [0.2, 0.25) is 5.02 Å². The SMILES string of the molecule is O=C(NCC(=O)N1CCN(c2ccc(Cl)cc2)CC1)c1cc([N+](=O)[O-])ccc1N1CCOCC1. The number of hydrogen-bond donors (Lipinski definition) is 1. The van der Waals surface area contributed by atoms with Gasteiger partial charge in [-0.25, -0.2) is 0 Å². The predicted octanol–water partition coefficient (Wildman–Crippen LogP) is 2.16. The number of halogens is 1. The Balaban J connectivity index is 1.36. The molecule has 2 aliphatic rings. The fourth-order valence-corrected chi connectivity index (χ4v) is 4.25. The van der Waals surface area contributed by atoms with Crippen molar-refractivity contribution in [3.63, 3.8) is 0 Å². The summed E-state index contributed by atoms with van der Waals surface area (Å²) in [7, 11) is 0. The molecule has 0 bridgehead atoms. The van der Waals surface area contributed by atoms with Gasteiger partial charge >= 0.3 is 0 Å². The van der Waals surface area contributed by atoms with Crippen molar-refractivity contribution >= 4 is 40.5 Å². The molecule has 2 aliphatic heterocycles. The number of nitrogens with zero attached hydrogens (tertiary/aromatic N) is 4. The third kappa shape index (κ3) is 5.57. The second-order valence-corrected chi connectivity index (χ2v) is 8.52. The van der Waals surface area contributed by atoms with Gasteiger partial charge in [0.25, 0.3) is 11.6 Å². The highest BCUT2D eigenvalue weighted by Crippen LogP contribution is 2.26. The van der Waals surface area contributed by atoms with Crippen LogP contribution in [0.1, 0.15) is 10.4 Å². The number of nitro groups is 1. The first-order valence-electron chi connectivity index (χ1n) is 11.1. The maximum atomic E-state index is 13.0. The summed E-state index contributed by atoms with van der Waals surface area (Å²) in [6.07, 6.45) is 0. The van der Waals surface area contributed by atoms with E-state index in [1.807, 2.05) is 29.2 Å². The minimum Gasteiger partial charge on any atom is -0.378 e. The van der Waals surface area contributed by atoms with Gasteiger partial charge in [0.05, 0.1) is 35.9 Å². The van der Waals surface area contributed by atoms with Crippen molar-refractivity contribution in [1.29, 1.82) is 0 Å². The largest absolute Gasteiger partial charge is 0.378 e. The lowest BCUT2D eigenvalue weighted by Crippen LogP contribution is -2.51. The molecule has 2 fully saturated rings. The van der Waals surface area contributed by atoms with Crippen LogP contribution in [0.3, 0.4) is 0 Å². The van der Waals surface area contributed by atoms with E-state index in [9.17, 15) is 19.7 Å². The summed E-state index contributed by atoms with van der Waals surface area (Å²) in [4.78, 5) is 42.2. The summed E-state index contributed by atoms with van der Waals surface area (Å²) >= 11 is 5.95. The molecule has 0 aliphatic carbocycles. The van der Waals surface area contributed by atoms with Crippen LogP contribution in [0, 0.1) is 10.1 Å². The number of non-ortho nitro benzene ring substituents is 1. The van der Waals surface area contributed by atoms with Gasteiger partial charge in [0.15, 0.2) is 0 Å². The molecule has 0 saturated carbocycles. The van der Waals surface area contributed by atoms with Gasteiger partial charge in [0.1, 0.15) is 0 Å². The van der Waals surface area contributed by atoms with Crippen molar-refractivity contribution in [2.24, 2.45) is 0 Å². The van der Waals surface area contributed by atoms with Crippen molar-refractivity contribution in [3.8, 4) is 0 Å². The smallest absolute Gasteiger partial charge is 0.270 e. The Kier molecular flexibility index (Phi) is 7.49. The third-order valence-corrected chi connectivity index (χ3v) is 6.26. The summed E-state index contributed by atoms with van der Waals surface area (Å²) in [6, 6.07) is 11.8. The zero-order valence-electron chi connectivity index (χ0n) is 18.6. The first kappa shape index (κ1) is 23.8. The summed E-state index contributed by atoms with van der Waals surface area (Å²) < 4.78 is 5.36. The maximum absolute atomic E-state index is 13.0. The number of piperazine rings is 1. The van der Waals surface area contributed by atoms with E-state index in [-0.39, 0.29) is 23.7 Å². The summed E-state index contributed by atoms with van der Waals surface area (Å²) in [5, 5.41) is 14.6. The predicted molar refractivity (Wildman–Crippen MR) is 129 cm³/mol. The number of amides is 2. The Hall–Kier alpha value is -3.37. The van der Waals surface area contributed by atoms with E-state index in [1.54, 1.807) is 11.0 Å². The number of morpholine rings is 1. The number of anilines is 2. The second kappa shape index (κ2) is 10.7. The van der Waals surface area contributed by atoms with Gasteiger partial charge in [-0.3, -0.25) is 19.7 Å². The van der Waals surface area contributed by atoms with E-state index in [1.165, 1.54) is 12.1 Å². The standard InChI is InChI=1S/C23H26ClN5O5/c24-17-1-3-18(4-2-17)26-7-9-28(10-8-26)22(30)16-25-23(31)20-15-19(29(32)33)5-6-21(20)27-11-13-34-14-12-27/h1-6,15H,7-14,16H2,(H,25,31). The number of benzene rings is 2. The van der Waals surface area contributed by atoms with Crippen LogP contribution in [0.25, 0.3) is 0 Å². The van der Waals surface area contributed by atoms with Crippen LogP contribution in [0.4, 0.5) is 17.1 Å². The summed E-state index contributed by atoms with van der Waals surface area (Å²) in [5.74, 6) is -0.708. The van der Waals surface area contributed by atoms with Crippen molar-refractivity contribution < 1.29 is 19.2 Å². The van der Waals surface area contributed by atoms with Gasteiger partial charge in [0, 0.05) is 62.1 Å². The fraction of sp³-hybridized carbons (Fsp3) is 0.391. The van der Waals surface area contributed by atoms with Crippen LogP contribution in [-0.2, 0) is 9.53 Å². The highest BCUT2D eigenvalue weighted by atomic mass is 35.5. The highest BCUT2D eigenvalue weighted by molar-refractivity contribution is 6.30. The van der Waals surface area contributed by atoms with Crippen LogP contribution < -0.4 is 15.1 Å². The first-order valence-corrected chi connectivity index (χ1v) is 11.5. The molecule has 180 valence electrons. The first-order chi connectivity index (χ1) is 16.4. The van der Waals surface area contributed by atoms with Gasteiger partial charge in [-0.1, -0.05) is 11.6 Å². The minimum absolute atomic E-state index is 0.174. The van der Waals surface area contributed by atoms with E-state index < -0.39 is 10.8 Å². The van der Waals surface area contributed by atoms with Crippen molar-refractivity contribution in [1.82, 2.24) is 10.2 Å². The molecule has 0 atom stereocenters. The summed E-state index contributed by atoms with van der Waals surface area (Å²) in [6.45, 7) is 4.42. The Morgan fingerprint density at radius 1 is 0.971 bits per heavy atom. The molecular weight excluding hydrogens is 462 g/mol. The maximum Gasteiger partial charge on any atom is 0.270 e. The molecule has 0 unspecified atom stereocenters. The molecule has 2 heterocycles. The van der Waals surface area contributed by atoms with Crippen molar-refractivity contribution in [2.45, 2.75) is 0 Å². The Morgan fingerprint density at radius 2 is 1.65 bits per heavy atom. The number of nitro benzene ring substituents is 1. The second-order valence-electron chi connectivity index (χ2n) is 8.08. The third-order valence-electron chi connectivity index (χ3n) is 6.01. The monoisotopic (exact) mass is 487 g/mol. The molecule has 2 amide bonds. The van der Waals surface area contributed by atoms with Gasteiger partial charge in [-0.05, 0) is 30.3 Å². The van der Waals surface area contributed by atoms with Crippen molar-refractivity contribution in [2.75, 3.05) is 68.8 Å². The van der Waals surface area contributed by atoms with Gasteiger partial charge in [-0.2, -0.15) is 0 Å². The average molecular weight is 488 g/mol. The number of carbonyl (C=O) groups excluding carboxylic acids is 2.